The number of Topliss-reactive ketones (excluding diaryl/α,β-unsaturated/α-hetero) is 1. The number of aryl methyl sites for hydroxylation is 1. The summed E-state index contributed by atoms with van der Waals surface area (Å²) >= 11 is 3.29. The Hall–Kier alpha value is -1.92. The molecule has 0 bridgehead atoms. The summed E-state index contributed by atoms with van der Waals surface area (Å²) in [5.74, 6) is -0.884. The van der Waals surface area contributed by atoms with Crippen molar-refractivity contribution in [2.45, 2.75) is 26.9 Å². The van der Waals surface area contributed by atoms with Crippen LogP contribution in [0.3, 0.4) is 0 Å². The van der Waals surface area contributed by atoms with Crippen LogP contribution in [-0.4, -0.2) is 28.4 Å². The minimum Gasteiger partial charge on any atom is -0.453 e. The lowest BCUT2D eigenvalue weighted by Gasteiger charge is -2.06. The van der Waals surface area contributed by atoms with Crippen LogP contribution in [0.15, 0.2) is 28.7 Å². The van der Waals surface area contributed by atoms with Crippen molar-refractivity contribution >= 4 is 27.7 Å². The zero-order valence-electron chi connectivity index (χ0n) is 13.1. The second kappa shape index (κ2) is 7.10. The van der Waals surface area contributed by atoms with Crippen LogP contribution in [0, 0.1) is 13.8 Å². The van der Waals surface area contributed by atoms with Crippen LogP contribution < -0.4 is 0 Å². The molecule has 0 amide bonds. The number of carbonyl (C=O) groups is 2. The molecule has 0 aliphatic carbocycles. The van der Waals surface area contributed by atoms with Crippen molar-refractivity contribution in [2.24, 2.45) is 0 Å². The fourth-order valence-electron chi connectivity index (χ4n) is 2.52. The molecule has 1 aromatic heterocycles. The van der Waals surface area contributed by atoms with E-state index in [2.05, 4.69) is 20.9 Å². The molecule has 0 fully saturated rings. The summed E-state index contributed by atoms with van der Waals surface area (Å²) in [5, 5.41) is 9.74. The van der Waals surface area contributed by atoms with Gasteiger partial charge >= 0.3 is 5.97 Å². The molecule has 0 spiro atoms. The summed E-state index contributed by atoms with van der Waals surface area (Å²) in [6, 6.07) is 6.83. The largest absolute Gasteiger partial charge is 0.453 e. The lowest BCUT2D eigenvalue weighted by molar-refractivity contribution is 0.0468. The Labute approximate surface area is 142 Å². The molecule has 1 atom stereocenters. The zero-order valence-corrected chi connectivity index (χ0v) is 14.7. The fraction of sp³-hybridized carbons (Fsp3) is 0.294. The van der Waals surface area contributed by atoms with Gasteiger partial charge in [0.05, 0.1) is 6.10 Å². The number of ketones is 1. The second-order valence-corrected chi connectivity index (χ2v) is 6.26. The smallest absolute Gasteiger partial charge is 0.355 e. The molecule has 0 aliphatic heterocycles. The van der Waals surface area contributed by atoms with Crippen molar-refractivity contribution in [3.8, 4) is 0 Å². The average Bonchev–Trinajstić information content (AvgIpc) is 2.80. The van der Waals surface area contributed by atoms with E-state index in [0.29, 0.717) is 22.4 Å². The highest BCUT2D eigenvalue weighted by atomic mass is 79.9. The standard InChI is InChI=1S/C17H18BrNO4/c1-9-15(11(3)20)10(2)19-16(9)17(22)23-8-14(21)12-4-6-13(18)7-5-12/h4-7,11,19-20H,8H2,1-3H3/t11-/m1/s1. The molecule has 1 aromatic carbocycles. The van der Waals surface area contributed by atoms with Gasteiger partial charge in [0.15, 0.2) is 12.4 Å². The Balaban J connectivity index is 2.07. The number of carbonyl (C=O) groups excluding carboxylic acids is 2. The van der Waals surface area contributed by atoms with E-state index in [-0.39, 0.29) is 18.1 Å². The number of aromatic nitrogens is 1. The lowest BCUT2D eigenvalue weighted by Crippen LogP contribution is -2.15. The molecular weight excluding hydrogens is 362 g/mol. The van der Waals surface area contributed by atoms with Crippen molar-refractivity contribution in [2.75, 3.05) is 6.61 Å². The number of ether oxygens (including phenoxy) is 1. The van der Waals surface area contributed by atoms with E-state index in [4.69, 9.17) is 4.74 Å². The quantitative estimate of drug-likeness (QED) is 0.615. The van der Waals surface area contributed by atoms with E-state index in [1.807, 2.05) is 0 Å². The SMILES string of the molecule is Cc1[nH]c(C(=O)OCC(=O)c2ccc(Br)cc2)c(C)c1[C@@H](C)O. The Morgan fingerprint density at radius 1 is 1.26 bits per heavy atom. The summed E-state index contributed by atoms with van der Waals surface area (Å²) in [6.07, 6.45) is -0.683. The van der Waals surface area contributed by atoms with Crippen molar-refractivity contribution in [3.05, 3.63) is 56.8 Å². The molecule has 0 saturated carbocycles. The minimum absolute atomic E-state index is 0.266. The van der Waals surface area contributed by atoms with Gasteiger partial charge in [-0.1, -0.05) is 28.1 Å². The summed E-state index contributed by atoms with van der Waals surface area (Å²) < 4.78 is 5.96. The van der Waals surface area contributed by atoms with E-state index in [1.165, 1.54) is 0 Å². The molecule has 0 aliphatic rings. The van der Waals surface area contributed by atoms with Crippen molar-refractivity contribution in [1.29, 1.82) is 0 Å². The Kier molecular flexibility index (Phi) is 5.38. The fourth-order valence-corrected chi connectivity index (χ4v) is 2.78. The molecule has 6 heteroatoms. The third kappa shape index (κ3) is 3.89. The second-order valence-electron chi connectivity index (χ2n) is 5.35. The number of hydrogen-bond acceptors (Lipinski definition) is 4. The molecular formula is C17H18BrNO4. The molecule has 1 heterocycles. The molecule has 0 radical (unpaired) electrons. The molecule has 5 nitrogen and oxygen atoms in total. The zero-order chi connectivity index (χ0) is 17.1. The van der Waals surface area contributed by atoms with Crippen LogP contribution in [0.5, 0.6) is 0 Å². The van der Waals surface area contributed by atoms with Gasteiger partial charge in [0.25, 0.3) is 0 Å². The van der Waals surface area contributed by atoms with Gasteiger partial charge in [-0.25, -0.2) is 4.79 Å². The molecule has 2 rings (SSSR count). The van der Waals surface area contributed by atoms with Crippen LogP contribution in [-0.2, 0) is 4.74 Å². The van der Waals surface area contributed by atoms with Gasteiger partial charge in [-0.15, -0.1) is 0 Å². The van der Waals surface area contributed by atoms with Crippen molar-refractivity contribution in [3.63, 3.8) is 0 Å². The predicted octanol–water partition coefficient (Wildman–Crippen LogP) is 3.49. The molecule has 0 unspecified atom stereocenters. The maximum absolute atomic E-state index is 12.1. The van der Waals surface area contributed by atoms with Gasteiger partial charge in [-0.05, 0) is 38.5 Å². The highest BCUT2D eigenvalue weighted by molar-refractivity contribution is 9.10. The van der Waals surface area contributed by atoms with E-state index < -0.39 is 12.1 Å². The van der Waals surface area contributed by atoms with Crippen LogP contribution in [0.25, 0.3) is 0 Å². The normalized spacial score (nSPS) is 12.0. The maximum atomic E-state index is 12.1. The molecule has 0 saturated heterocycles. The van der Waals surface area contributed by atoms with Crippen LogP contribution in [0.2, 0.25) is 0 Å². The van der Waals surface area contributed by atoms with Crippen molar-refractivity contribution < 1.29 is 19.4 Å². The first-order valence-corrected chi connectivity index (χ1v) is 7.93. The van der Waals surface area contributed by atoms with Crippen molar-refractivity contribution in [1.82, 2.24) is 4.98 Å². The van der Waals surface area contributed by atoms with E-state index in [9.17, 15) is 14.7 Å². The summed E-state index contributed by atoms with van der Waals surface area (Å²) in [5.41, 5.74) is 2.77. The van der Waals surface area contributed by atoms with Gasteiger partial charge in [0.1, 0.15) is 5.69 Å². The maximum Gasteiger partial charge on any atom is 0.355 e. The first-order valence-electron chi connectivity index (χ1n) is 7.14. The number of aliphatic hydroxyl groups excluding tert-OH is 1. The Bertz CT molecular complexity index is 732. The highest BCUT2D eigenvalue weighted by Crippen LogP contribution is 2.24. The third-order valence-corrected chi connectivity index (χ3v) is 4.15. The van der Waals surface area contributed by atoms with Gasteiger partial charge in [0.2, 0.25) is 0 Å². The highest BCUT2D eigenvalue weighted by Gasteiger charge is 2.21. The van der Waals surface area contributed by atoms with Gasteiger partial charge in [-0.3, -0.25) is 4.79 Å². The van der Waals surface area contributed by atoms with Crippen LogP contribution in [0.1, 0.15) is 50.7 Å². The summed E-state index contributed by atoms with van der Waals surface area (Å²) in [6.45, 7) is 4.81. The molecule has 122 valence electrons. The first-order chi connectivity index (χ1) is 10.8. The van der Waals surface area contributed by atoms with E-state index in [0.717, 1.165) is 4.47 Å². The Morgan fingerprint density at radius 2 is 1.87 bits per heavy atom. The van der Waals surface area contributed by atoms with E-state index >= 15 is 0 Å². The minimum atomic E-state index is -0.683. The number of hydrogen-bond donors (Lipinski definition) is 2. The third-order valence-electron chi connectivity index (χ3n) is 3.62. The summed E-state index contributed by atoms with van der Waals surface area (Å²) in [4.78, 5) is 27.1. The number of benzene rings is 1. The van der Waals surface area contributed by atoms with Gasteiger partial charge in [0, 0.05) is 21.3 Å². The predicted molar refractivity (Wildman–Crippen MR) is 89.7 cm³/mol. The van der Waals surface area contributed by atoms with Gasteiger partial charge in [-0.2, -0.15) is 0 Å². The Morgan fingerprint density at radius 3 is 2.39 bits per heavy atom. The van der Waals surface area contributed by atoms with E-state index in [1.54, 1.807) is 45.0 Å². The number of H-pyrrole nitrogens is 1. The van der Waals surface area contributed by atoms with Crippen LogP contribution >= 0.6 is 15.9 Å². The summed E-state index contributed by atoms with van der Waals surface area (Å²) in [7, 11) is 0. The molecule has 2 aromatic rings. The lowest BCUT2D eigenvalue weighted by atomic mass is 10.1. The number of rotatable bonds is 5. The number of aliphatic hydroxyl groups is 1. The average molecular weight is 380 g/mol. The number of esters is 1. The number of nitrogens with one attached hydrogen (secondary N) is 1. The van der Waals surface area contributed by atoms with Gasteiger partial charge < -0.3 is 14.8 Å². The first kappa shape index (κ1) is 17.4. The molecule has 23 heavy (non-hydrogen) atoms. The monoisotopic (exact) mass is 379 g/mol. The van der Waals surface area contributed by atoms with Crippen LogP contribution in [0.4, 0.5) is 0 Å². The number of aromatic amines is 1. The molecule has 2 N–H and O–H groups in total. The number of halogens is 1. The topological polar surface area (TPSA) is 79.4 Å².